The summed E-state index contributed by atoms with van der Waals surface area (Å²) in [5.74, 6) is 2.60. The second kappa shape index (κ2) is 5.60. The van der Waals surface area contributed by atoms with E-state index in [1.54, 1.807) is 0 Å². The van der Waals surface area contributed by atoms with Gasteiger partial charge >= 0.3 is 0 Å². The summed E-state index contributed by atoms with van der Waals surface area (Å²) in [6.45, 7) is 3.74. The highest BCUT2D eigenvalue weighted by atomic mass is 15.4. The molecule has 18 heavy (non-hydrogen) atoms. The average Bonchev–Trinajstić information content (AvgIpc) is 2.45. The molecule has 0 aromatic heterocycles. The van der Waals surface area contributed by atoms with Crippen LogP contribution in [0.2, 0.25) is 0 Å². The Kier molecular flexibility index (Phi) is 3.68. The third-order valence-electron chi connectivity index (χ3n) is 2.50. The summed E-state index contributed by atoms with van der Waals surface area (Å²) in [6.07, 6.45) is 7.16. The second-order valence-corrected chi connectivity index (χ2v) is 3.80. The van der Waals surface area contributed by atoms with Gasteiger partial charge in [0.1, 0.15) is 0 Å². The molecule has 0 aliphatic heterocycles. The minimum absolute atomic E-state index is 0.849. The molecule has 2 aromatic carbocycles. The van der Waals surface area contributed by atoms with Gasteiger partial charge in [-0.3, -0.25) is 0 Å². The van der Waals surface area contributed by atoms with E-state index in [2.05, 4.69) is 23.4 Å². The van der Waals surface area contributed by atoms with Gasteiger partial charge in [-0.1, -0.05) is 36.8 Å². The Morgan fingerprint density at radius 1 is 1.00 bits per heavy atom. The molecular formula is C16H14N2. The van der Waals surface area contributed by atoms with Gasteiger partial charge in [0.2, 0.25) is 0 Å². The van der Waals surface area contributed by atoms with E-state index in [0.29, 0.717) is 0 Å². The van der Waals surface area contributed by atoms with Crippen LogP contribution in [-0.4, -0.2) is 0 Å². The zero-order valence-corrected chi connectivity index (χ0v) is 9.98. The Bertz CT molecular complexity index is 594. The van der Waals surface area contributed by atoms with Crippen LogP contribution in [0.3, 0.4) is 0 Å². The lowest BCUT2D eigenvalue weighted by Gasteiger charge is -2.10. The molecule has 88 valence electrons. The van der Waals surface area contributed by atoms with Crippen LogP contribution in [-0.2, 0) is 0 Å². The zero-order valence-electron chi connectivity index (χ0n) is 9.98. The number of hydrogen-bond donors (Lipinski definition) is 2. The number of hydrogen-bond acceptors (Lipinski definition) is 2. The molecule has 0 bridgehead atoms. The Labute approximate surface area is 107 Å². The first-order valence-electron chi connectivity index (χ1n) is 5.63. The maximum atomic E-state index is 5.35. The molecule has 2 aromatic rings. The van der Waals surface area contributed by atoms with Crippen LogP contribution in [0.15, 0.2) is 55.1 Å². The molecular weight excluding hydrogens is 220 g/mol. The fourth-order valence-corrected chi connectivity index (χ4v) is 1.57. The molecule has 0 unspecified atom stereocenters. The van der Waals surface area contributed by atoms with Crippen LogP contribution in [0.25, 0.3) is 6.08 Å². The van der Waals surface area contributed by atoms with Gasteiger partial charge in [-0.05, 0) is 35.9 Å². The highest BCUT2D eigenvalue weighted by molar-refractivity contribution is 5.59. The van der Waals surface area contributed by atoms with Crippen LogP contribution in [0, 0.1) is 12.3 Å². The quantitative estimate of drug-likeness (QED) is 0.622. The van der Waals surface area contributed by atoms with Crippen molar-refractivity contribution >= 4 is 17.5 Å². The average molecular weight is 234 g/mol. The van der Waals surface area contributed by atoms with E-state index in [4.69, 9.17) is 6.42 Å². The first-order valence-corrected chi connectivity index (χ1v) is 5.63. The van der Waals surface area contributed by atoms with E-state index in [1.807, 2.05) is 54.6 Å². The van der Waals surface area contributed by atoms with Crippen molar-refractivity contribution in [1.29, 1.82) is 0 Å². The number of anilines is 2. The molecule has 0 radical (unpaired) electrons. The Hall–Kier alpha value is -2.66. The van der Waals surface area contributed by atoms with Gasteiger partial charge in [-0.2, -0.15) is 0 Å². The molecule has 0 amide bonds. The summed E-state index contributed by atoms with van der Waals surface area (Å²) < 4.78 is 0. The monoisotopic (exact) mass is 234 g/mol. The standard InChI is InChI=1S/C16H14N2/c1-3-13-7-5-9-15(11-13)17-18-16-10-6-8-14(4-2)12-16/h1,4-12,17-18H,2H2. The molecule has 2 heteroatoms. The van der Waals surface area contributed by atoms with Crippen molar-refractivity contribution in [1.82, 2.24) is 0 Å². The lowest BCUT2D eigenvalue weighted by molar-refractivity contribution is 1.41. The second-order valence-electron chi connectivity index (χ2n) is 3.80. The summed E-state index contributed by atoms with van der Waals surface area (Å²) in [6, 6.07) is 15.6. The number of rotatable bonds is 4. The fourth-order valence-electron chi connectivity index (χ4n) is 1.57. The minimum atomic E-state index is 0.849. The predicted molar refractivity (Wildman–Crippen MR) is 78.2 cm³/mol. The maximum Gasteiger partial charge on any atom is 0.0552 e. The number of terminal acetylenes is 1. The lowest BCUT2D eigenvalue weighted by Crippen LogP contribution is -2.08. The molecule has 0 saturated heterocycles. The molecule has 0 fully saturated rings. The fraction of sp³-hybridized carbons (Fsp3) is 0. The zero-order chi connectivity index (χ0) is 12.8. The molecule has 0 spiro atoms. The molecule has 0 atom stereocenters. The molecule has 2 N–H and O–H groups in total. The largest absolute Gasteiger partial charge is 0.301 e. The van der Waals surface area contributed by atoms with Gasteiger partial charge in [0.15, 0.2) is 0 Å². The summed E-state index contributed by atoms with van der Waals surface area (Å²) in [4.78, 5) is 0. The van der Waals surface area contributed by atoms with Crippen molar-refractivity contribution in [3.63, 3.8) is 0 Å². The molecule has 2 rings (SSSR count). The van der Waals surface area contributed by atoms with Crippen molar-refractivity contribution in [2.45, 2.75) is 0 Å². The topological polar surface area (TPSA) is 24.1 Å². The first-order chi connectivity index (χ1) is 8.81. The van der Waals surface area contributed by atoms with Crippen molar-refractivity contribution in [3.8, 4) is 12.3 Å². The van der Waals surface area contributed by atoms with E-state index in [9.17, 15) is 0 Å². The number of benzene rings is 2. The smallest absolute Gasteiger partial charge is 0.0552 e. The first kappa shape index (κ1) is 11.8. The van der Waals surface area contributed by atoms with E-state index in [1.165, 1.54) is 0 Å². The van der Waals surface area contributed by atoms with Gasteiger partial charge in [-0.15, -0.1) is 6.42 Å². The Morgan fingerprint density at radius 3 is 2.33 bits per heavy atom. The van der Waals surface area contributed by atoms with Crippen LogP contribution in [0.4, 0.5) is 11.4 Å². The number of hydrazine groups is 1. The van der Waals surface area contributed by atoms with Crippen molar-refractivity contribution < 1.29 is 0 Å². The van der Waals surface area contributed by atoms with Gasteiger partial charge in [0, 0.05) is 5.56 Å². The van der Waals surface area contributed by atoms with Gasteiger partial charge in [0.25, 0.3) is 0 Å². The van der Waals surface area contributed by atoms with Crippen molar-refractivity contribution in [3.05, 3.63) is 66.2 Å². The van der Waals surface area contributed by atoms with Crippen LogP contribution in [0.5, 0.6) is 0 Å². The summed E-state index contributed by atoms with van der Waals surface area (Å²) in [5.41, 5.74) is 10.0. The van der Waals surface area contributed by atoms with E-state index >= 15 is 0 Å². The van der Waals surface area contributed by atoms with Crippen LogP contribution in [0.1, 0.15) is 11.1 Å². The highest BCUT2D eigenvalue weighted by Gasteiger charge is 1.94. The minimum Gasteiger partial charge on any atom is -0.301 e. The van der Waals surface area contributed by atoms with Gasteiger partial charge in [-0.25, -0.2) is 0 Å². The van der Waals surface area contributed by atoms with Crippen LogP contribution < -0.4 is 10.9 Å². The normalized spacial score (nSPS) is 9.28. The highest BCUT2D eigenvalue weighted by Crippen LogP contribution is 2.14. The van der Waals surface area contributed by atoms with Crippen molar-refractivity contribution in [2.75, 3.05) is 10.9 Å². The predicted octanol–water partition coefficient (Wildman–Crippen LogP) is 3.75. The molecule has 0 aliphatic carbocycles. The SMILES string of the molecule is C#Cc1cccc(NNc2cccc(C=C)c2)c1. The maximum absolute atomic E-state index is 5.35. The van der Waals surface area contributed by atoms with Gasteiger partial charge in [0.05, 0.1) is 11.4 Å². The summed E-state index contributed by atoms with van der Waals surface area (Å²) in [7, 11) is 0. The molecule has 0 saturated carbocycles. The molecule has 2 nitrogen and oxygen atoms in total. The summed E-state index contributed by atoms with van der Waals surface area (Å²) in [5, 5.41) is 0. The number of nitrogens with one attached hydrogen (secondary N) is 2. The lowest BCUT2D eigenvalue weighted by atomic mass is 10.2. The van der Waals surface area contributed by atoms with Crippen molar-refractivity contribution in [2.24, 2.45) is 0 Å². The van der Waals surface area contributed by atoms with E-state index < -0.39 is 0 Å². The Balaban J connectivity index is 2.06. The van der Waals surface area contributed by atoms with Gasteiger partial charge < -0.3 is 10.9 Å². The van der Waals surface area contributed by atoms with Crippen LogP contribution >= 0.6 is 0 Å². The van der Waals surface area contributed by atoms with E-state index in [0.717, 1.165) is 22.5 Å². The third-order valence-corrected chi connectivity index (χ3v) is 2.50. The van der Waals surface area contributed by atoms with E-state index in [-0.39, 0.29) is 0 Å². The Morgan fingerprint density at radius 2 is 1.67 bits per heavy atom. The summed E-state index contributed by atoms with van der Waals surface area (Å²) >= 11 is 0. The third kappa shape index (κ3) is 2.93. The molecule has 0 heterocycles. The molecule has 0 aliphatic rings.